The fourth-order valence-corrected chi connectivity index (χ4v) is 3.16. The van der Waals surface area contributed by atoms with Crippen molar-refractivity contribution in [3.63, 3.8) is 0 Å². The number of ether oxygens (including phenoxy) is 1. The summed E-state index contributed by atoms with van der Waals surface area (Å²) in [6, 6.07) is 6.43. The van der Waals surface area contributed by atoms with E-state index in [2.05, 4.69) is 19.9 Å². The van der Waals surface area contributed by atoms with Crippen LogP contribution in [0.3, 0.4) is 0 Å². The summed E-state index contributed by atoms with van der Waals surface area (Å²) in [5, 5.41) is 3.45. The Morgan fingerprint density at radius 1 is 1.39 bits per heavy atom. The Hall–Kier alpha value is -1.80. The van der Waals surface area contributed by atoms with Gasteiger partial charge in [-0.05, 0) is 18.6 Å². The zero-order chi connectivity index (χ0) is 16.3. The van der Waals surface area contributed by atoms with E-state index in [1.54, 1.807) is 29.0 Å². The SMILES string of the molecule is FC(F)(F)Oc1cccc(N2CC[C@H](NCc3cncs3)C2)c1. The number of benzene rings is 1. The molecule has 2 aromatic rings. The van der Waals surface area contributed by atoms with E-state index < -0.39 is 6.36 Å². The average Bonchev–Trinajstić information content (AvgIpc) is 3.15. The molecule has 1 N–H and O–H groups in total. The van der Waals surface area contributed by atoms with Gasteiger partial charge < -0.3 is 15.0 Å². The lowest BCUT2D eigenvalue weighted by Crippen LogP contribution is -2.31. The fraction of sp³-hybridized carbons (Fsp3) is 0.400. The van der Waals surface area contributed by atoms with Crippen LogP contribution in [-0.4, -0.2) is 30.5 Å². The van der Waals surface area contributed by atoms with Crippen LogP contribution in [0.5, 0.6) is 5.75 Å². The number of halogens is 3. The fourth-order valence-electron chi connectivity index (χ4n) is 2.61. The minimum Gasteiger partial charge on any atom is -0.406 e. The third-order valence-corrected chi connectivity index (χ3v) is 4.43. The van der Waals surface area contributed by atoms with Crippen LogP contribution in [0.25, 0.3) is 0 Å². The van der Waals surface area contributed by atoms with Crippen LogP contribution in [0.1, 0.15) is 11.3 Å². The van der Waals surface area contributed by atoms with Crippen molar-refractivity contribution in [3.05, 3.63) is 40.8 Å². The highest BCUT2D eigenvalue weighted by Crippen LogP contribution is 2.28. The summed E-state index contributed by atoms with van der Waals surface area (Å²) in [6.45, 7) is 2.32. The molecule has 0 radical (unpaired) electrons. The Morgan fingerprint density at radius 3 is 3.00 bits per heavy atom. The van der Waals surface area contributed by atoms with E-state index in [1.165, 1.54) is 17.0 Å². The molecule has 1 aromatic carbocycles. The Labute approximate surface area is 135 Å². The van der Waals surface area contributed by atoms with E-state index in [1.807, 2.05) is 6.20 Å². The highest BCUT2D eigenvalue weighted by Gasteiger charge is 2.31. The second kappa shape index (κ2) is 6.76. The molecular weight excluding hydrogens is 327 g/mol. The molecule has 8 heteroatoms. The van der Waals surface area contributed by atoms with Crippen molar-refractivity contribution in [2.45, 2.75) is 25.4 Å². The van der Waals surface area contributed by atoms with E-state index in [0.717, 1.165) is 31.7 Å². The van der Waals surface area contributed by atoms with Crippen molar-refractivity contribution in [2.24, 2.45) is 0 Å². The van der Waals surface area contributed by atoms with Crippen molar-refractivity contribution < 1.29 is 17.9 Å². The number of anilines is 1. The summed E-state index contributed by atoms with van der Waals surface area (Å²) in [7, 11) is 0. The zero-order valence-electron chi connectivity index (χ0n) is 12.2. The average molecular weight is 343 g/mol. The molecule has 1 aliphatic heterocycles. The highest BCUT2D eigenvalue weighted by atomic mass is 32.1. The van der Waals surface area contributed by atoms with Crippen LogP contribution >= 0.6 is 11.3 Å². The molecule has 1 aliphatic rings. The number of nitrogens with one attached hydrogen (secondary N) is 1. The Kier molecular flexibility index (Phi) is 4.72. The van der Waals surface area contributed by atoms with Gasteiger partial charge in [0.05, 0.1) is 5.51 Å². The smallest absolute Gasteiger partial charge is 0.406 e. The lowest BCUT2D eigenvalue weighted by atomic mass is 10.2. The lowest BCUT2D eigenvalue weighted by molar-refractivity contribution is -0.274. The highest BCUT2D eigenvalue weighted by molar-refractivity contribution is 7.09. The van der Waals surface area contributed by atoms with Gasteiger partial charge in [-0.25, -0.2) is 0 Å². The molecule has 0 bridgehead atoms. The topological polar surface area (TPSA) is 37.4 Å². The maximum atomic E-state index is 12.3. The third-order valence-electron chi connectivity index (χ3n) is 3.65. The van der Waals surface area contributed by atoms with Crippen LogP contribution < -0.4 is 15.0 Å². The van der Waals surface area contributed by atoms with Crippen LogP contribution in [0, 0.1) is 0 Å². The first-order valence-corrected chi connectivity index (χ1v) is 8.09. The molecule has 0 amide bonds. The molecule has 3 rings (SSSR count). The Bertz CT molecular complexity index is 633. The quantitative estimate of drug-likeness (QED) is 0.903. The largest absolute Gasteiger partial charge is 0.573 e. The number of alkyl halides is 3. The molecule has 1 saturated heterocycles. The van der Waals surface area contributed by atoms with Crippen molar-refractivity contribution in [1.29, 1.82) is 0 Å². The molecular formula is C15H16F3N3OS. The number of hydrogen-bond acceptors (Lipinski definition) is 5. The molecule has 1 atom stereocenters. The first-order chi connectivity index (χ1) is 11.0. The number of nitrogens with zero attached hydrogens (tertiary/aromatic N) is 2. The van der Waals surface area contributed by atoms with Crippen LogP contribution in [0.4, 0.5) is 18.9 Å². The van der Waals surface area contributed by atoms with Crippen molar-refractivity contribution >= 4 is 17.0 Å². The lowest BCUT2D eigenvalue weighted by Gasteiger charge is -2.20. The van der Waals surface area contributed by atoms with Gasteiger partial charge >= 0.3 is 6.36 Å². The van der Waals surface area contributed by atoms with E-state index >= 15 is 0 Å². The van der Waals surface area contributed by atoms with Gasteiger partial charge in [-0.2, -0.15) is 0 Å². The summed E-state index contributed by atoms with van der Waals surface area (Å²) in [5.74, 6) is -0.184. The van der Waals surface area contributed by atoms with Crippen molar-refractivity contribution in [2.75, 3.05) is 18.0 Å². The number of rotatable bonds is 5. The molecule has 0 saturated carbocycles. The van der Waals surface area contributed by atoms with Gasteiger partial charge in [-0.15, -0.1) is 24.5 Å². The van der Waals surface area contributed by atoms with Crippen LogP contribution in [0.2, 0.25) is 0 Å². The van der Waals surface area contributed by atoms with Gasteiger partial charge in [0, 0.05) is 48.5 Å². The minimum absolute atomic E-state index is 0.184. The second-order valence-electron chi connectivity index (χ2n) is 5.33. The van der Waals surface area contributed by atoms with E-state index in [-0.39, 0.29) is 5.75 Å². The van der Waals surface area contributed by atoms with Crippen molar-refractivity contribution in [3.8, 4) is 5.75 Å². The summed E-state index contributed by atoms with van der Waals surface area (Å²) in [6.07, 6.45) is -1.88. The van der Waals surface area contributed by atoms with E-state index in [0.29, 0.717) is 6.04 Å². The maximum Gasteiger partial charge on any atom is 0.573 e. The molecule has 2 heterocycles. The van der Waals surface area contributed by atoms with Gasteiger partial charge in [-0.1, -0.05) is 6.07 Å². The molecule has 124 valence electrons. The molecule has 4 nitrogen and oxygen atoms in total. The predicted molar refractivity (Wildman–Crippen MR) is 82.7 cm³/mol. The summed E-state index contributed by atoms with van der Waals surface area (Å²) >= 11 is 1.60. The van der Waals surface area contributed by atoms with Gasteiger partial charge in [0.15, 0.2) is 0 Å². The Balaban J connectivity index is 1.57. The monoisotopic (exact) mass is 343 g/mol. The molecule has 1 aromatic heterocycles. The first-order valence-electron chi connectivity index (χ1n) is 7.21. The van der Waals surface area contributed by atoms with Crippen LogP contribution in [-0.2, 0) is 6.54 Å². The number of hydrogen-bond donors (Lipinski definition) is 1. The standard InChI is InChI=1S/C15H16F3N3OS/c16-15(17,18)22-13-3-1-2-12(6-13)21-5-4-11(9-21)20-8-14-7-19-10-23-14/h1-3,6-7,10-11,20H,4-5,8-9H2/t11-/m0/s1. The van der Waals surface area contributed by atoms with Crippen LogP contribution in [0.15, 0.2) is 36.0 Å². The molecule has 0 aliphatic carbocycles. The zero-order valence-corrected chi connectivity index (χ0v) is 13.0. The Morgan fingerprint density at radius 2 is 2.26 bits per heavy atom. The van der Waals surface area contributed by atoms with Gasteiger partial charge in [0.1, 0.15) is 5.75 Å². The van der Waals surface area contributed by atoms with Gasteiger partial charge in [0.2, 0.25) is 0 Å². The normalized spacial score (nSPS) is 18.4. The summed E-state index contributed by atoms with van der Waals surface area (Å²) < 4.78 is 40.9. The number of aromatic nitrogens is 1. The summed E-state index contributed by atoms with van der Waals surface area (Å²) in [4.78, 5) is 7.26. The molecule has 0 spiro atoms. The molecule has 0 unspecified atom stereocenters. The maximum absolute atomic E-state index is 12.3. The van der Waals surface area contributed by atoms with Crippen molar-refractivity contribution in [1.82, 2.24) is 10.3 Å². The van der Waals surface area contributed by atoms with Gasteiger partial charge in [-0.3, -0.25) is 4.98 Å². The second-order valence-corrected chi connectivity index (χ2v) is 6.30. The minimum atomic E-state index is -4.66. The number of thiazole rings is 1. The summed E-state index contributed by atoms with van der Waals surface area (Å²) in [5.41, 5.74) is 2.54. The molecule has 1 fully saturated rings. The third kappa shape index (κ3) is 4.59. The van der Waals surface area contributed by atoms with E-state index in [4.69, 9.17) is 0 Å². The first kappa shape index (κ1) is 16.1. The van der Waals surface area contributed by atoms with E-state index in [9.17, 15) is 13.2 Å². The van der Waals surface area contributed by atoms with Gasteiger partial charge in [0.25, 0.3) is 0 Å². The predicted octanol–water partition coefficient (Wildman–Crippen LogP) is 3.41. The molecule has 23 heavy (non-hydrogen) atoms.